The van der Waals surface area contributed by atoms with Gasteiger partial charge < -0.3 is 10.1 Å². The van der Waals surface area contributed by atoms with Crippen molar-refractivity contribution in [2.45, 2.75) is 19.7 Å². The van der Waals surface area contributed by atoms with Crippen molar-refractivity contribution in [2.75, 3.05) is 6.54 Å². The number of halogens is 3. The molecule has 0 aliphatic carbocycles. The minimum Gasteiger partial charge on any atom is -0.406 e. The molecule has 94 valence electrons. The van der Waals surface area contributed by atoms with Crippen molar-refractivity contribution in [2.24, 2.45) is 0 Å². The molecule has 0 heterocycles. The Morgan fingerprint density at radius 2 is 1.88 bits per heavy atom. The van der Waals surface area contributed by atoms with Crippen LogP contribution < -0.4 is 10.1 Å². The van der Waals surface area contributed by atoms with Crippen LogP contribution in [0.2, 0.25) is 0 Å². The van der Waals surface area contributed by atoms with E-state index in [9.17, 15) is 18.0 Å². The number of benzene rings is 1. The van der Waals surface area contributed by atoms with E-state index in [1.807, 2.05) is 0 Å². The van der Waals surface area contributed by atoms with Crippen LogP contribution in [0, 0.1) is 0 Å². The van der Waals surface area contributed by atoms with Crippen molar-refractivity contribution in [3.8, 4) is 5.75 Å². The Labute approximate surface area is 96.6 Å². The number of alkyl halides is 3. The van der Waals surface area contributed by atoms with Gasteiger partial charge in [-0.3, -0.25) is 4.79 Å². The maximum Gasteiger partial charge on any atom is 0.573 e. The molecule has 0 atom stereocenters. The minimum atomic E-state index is -4.67. The average molecular weight is 247 g/mol. The number of nitrogens with one attached hydrogen (secondary N) is 1. The topological polar surface area (TPSA) is 38.3 Å². The van der Waals surface area contributed by atoms with Crippen molar-refractivity contribution < 1.29 is 22.7 Å². The smallest absolute Gasteiger partial charge is 0.406 e. The van der Waals surface area contributed by atoms with E-state index in [0.29, 0.717) is 13.0 Å². The van der Waals surface area contributed by atoms with Crippen molar-refractivity contribution in [1.29, 1.82) is 0 Å². The van der Waals surface area contributed by atoms with E-state index >= 15 is 0 Å². The highest BCUT2D eigenvalue weighted by Gasteiger charge is 2.30. The summed E-state index contributed by atoms with van der Waals surface area (Å²) in [6.45, 7) is 1.86. The highest BCUT2D eigenvalue weighted by molar-refractivity contribution is 5.72. The molecule has 0 aromatic heterocycles. The zero-order valence-electron chi connectivity index (χ0n) is 9.17. The molecule has 0 spiro atoms. The number of hydrogen-bond donors (Lipinski definition) is 1. The Kier molecular flexibility index (Phi) is 4.37. The van der Waals surface area contributed by atoms with Gasteiger partial charge in [-0.1, -0.05) is 12.1 Å². The van der Waals surface area contributed by atoms with Crippen LogP contribution in [0.15, 0.2) is 24.3 Å². The Morgan fingerprint density at radius 3 is 2.35 bits per heavy atom. The lowest BCUT2D eigenvalue weighted by molar-refractivity contribution is -0.274. The number of rotatable bonds is 4. The van der Waals surface area contributed by atoms with Gasteiger partial charge in [0.05, 0.1) is 0 Å². The molecule has 0 radical (unpaired) electrons. The normalized spacial score (nSPS) is 11.1. The van der Waals surface area contributed by atoms with Gasteiger partial charge in [0.2, 0.25) is 5.91 Å². The molecule has 1 aromatic rings. The maximum absolute atomic E-state index is 11.9. The third-order valence-corrected chi connectivity index (χ3v) is 1.94. The van der Waals surface area contributed by atoms with E-state index in [0.717, 1.165) is 5.56 Å². The lowest BCUT2D eigenvalue weighted by Gasteiger charge is -2.09. The van der Waals surface area contributed by atoms with Gasteiger partial charge in [-0.15, -0.1) is 13.2 Å². The fourth-order valence-corrected chi connectivity index (χ4v) is 1.24. The van der Waals surface area contributed by atoms with Gasteiger partial charge in [-0.25, -0.2) is 0 Å². The molecule has 1 amide bonds. The standard InChI is InChI=1S/C11H12F3NO2/c1-8(16)15-7-6-9-2-4-10(5-3-9)17-11(12,13)14/h2-5H,6-7H2,1H3,(H,15,16). The number of ether oxygens (including phenoxy) is 1. The summed E-state index contributed by atoms with van der Waals surface area (Å²) in [5.74, 6) is -0.386. The van der Waals surface area contributed by atoms with E-state index in [1.54, 1.807) is 0 Å². The van der Waals surface area contributed by atoms with E-state index in [4.69, 9.17) is 0 Å². The summed E-state index contributed by atoms with van der Waals surface area (Å²) in [5, 5.41) is 2.60. The molecule has 0 saturated carbocycles. The molecule has 3 nitrogen and oxygen atoms in total. The van der Waals surface area contributed by atoms with Crippen LogP contribution in [-0.4, -0.2) is 18.8 Å². The molecule has 0 aliphatic rings. The molecule has 1 rings (SSSR count). The lowest BCUT2D eigenvalue weighted by atomic mass is 10.1. The second-order valence-corrected chi connectivity index (χ2v) is 3.42. The van der Waals surface area contributed by atoms with Crippen LogP contribution in [0.3, 0.4) is 0 Å². The van der Waals surface area contributed by atoms with Crippen LogP contribution >= 0.6 is 0 Å². The molecule has 0 fully saturated rings. The first kappa shape index (κ1) is 13.3. The Balaban J connectivity index is 2.47. The summed E-state index contributed by atoms with van der Waals surface area (Å²) in [7, 11) is 0. The van der Waals surface area contributed by atoms with Gasteiger partial charge in [0, 0.05) is 13.5 Å². The fourth-order valence-electron chi connectivity index (χ4n) is 1.24. The Hall–Kier alpha value is -1.72. The quantitative estimate of drug-likeness (QED) is 0.886. The number of carbonyl (C=O) groups excluding carboxylic acids is 1. The predicted molar refractivity (Wildman–Crippen MR) is 55.5 cm³/mol. The van der Waals surface area contributed by atoms with Crippen LogP contribution in [0.25, 0.3) is 0 Å². The van der Waals surface area contributed by atoms with Gasteiger partial charge >= 0.3 is 6.36 Å². The third-order valence-electron chi connectivity index (χ3n) is 1.94. The SMILES string of the molecule is CC(=O)NCCc1ccc(OC(F)(F)F)cc1. The minimum absolute atomic E-state index is 0.137. The molecule has 0 bridgehead atoms. The number of amides is 1. The van der Waals surface area contributed by atoms with Crippen LogP contribution in [0.5, 0.6) is 5.75 Å². The first-order chi connectivity index (χ1) is 7.87. The zero-order chi connectivity index (χ0) is 12.9. The second kappa shape index (κ2) is 5.56. The first-order valence-electron chi connectivity index (χ1n) is 4.96. The van der Waals surface area contributed by atoms with E-state index < -0.39 is 6.36 Å². The molecular weight excluding hydrogens is 235 g/mol. The molecule has 0 saturated heterocycles. The van der Waals surface area contributed by atoms with Crippen molar-refractivity contribution in [1.82, 2.24) is 5.32 Å². The molecular formula is C11H12F3NO2. The van der Waals surface area contributed by atoms with Gasteiger partial charge in [0.1, 0.15) is 5.75 Å². The molecule has 0 aliphatic heterocycles. The molecule has 1 aromatic carbocycles. The molecule has 0 unspecified atom stereocenters. The largest absolute Gasteiger partial charge is 0.573 e. The summed E-state index contributed by atoms with van der Waals surface area (Å²) in [4.78, 5) is 10.6. The van der Waals surface area contributed by atoms with E-state index in [2.05, 4.69) is 10.1 Å². The molecule has 17 heavy (non-hydrogen) atoms. The summed E-state index contributed by atoms with van der Waals surface area (Å²) in [6.07, 6.45) is -4.11. The molecule has 6 heteroatoms. The summed E-state index contributed by atoms with van der Waals surface area (Å²) >= 11 is 0. The summed E-state index contributed by atoms with van der Waals surface area (Å²) < 4.78 is 39.3. The highest BCUT2D eigenvalue weighted by Crippen LogP contribution is 2.22. The lowest BCUT2D eigenvalue weighted by Crippen LogP contribution is -2.22. The second-order valence-electron chi connectivity index (χ2n) is 3.42. The average Bonchev–Trinajstić information content (AvgIpc) is 2.18. The van der Waals surface area contributed by atoms with Crippen molar-refractivity contribution in [3.05, 3.63) is 29.8 Å². The maximum atomic E-state index is 11.9. The van der Waals surface area contributed by atoms with Gasteiger partial charge in [-0.05, 0) is 24.1 Å². The van der Waals surface area contributed by atoms with Crippen LogP contribution in [-0.2, 0) is 11.2 Å². The monoisotopic (exact) mass is 247 g/mol. The number of hydrogen-bond acceptors (Lipinski definition) is 2. The predicted octanol–water partition coefficient (Wildman–Crippen LogP) is 2.26. The van der Waals surface area contributed by atoms with Crippen molar-refractivity contribution in [3.63, 3.8) is 0 Å². The Morgan fingerprint density at radius 1 is 1.29 bits per heavy atom. The fraction of sp³-hybridized carbons (Fsp3) is 0.364. The summed E-state index contributed by atoms with van der Waals surface area (Å²) in [5.41, 5.74) is 0.827. The first-order valence-corrected chi connectivity index (χ1v) is 4.96. The molecule has 1 N–H and O–H groups in total. The van der Waals surface area contributed by atoms with E-state index in [-0.39, 0.29) is 11.7 Å². The summed E-state index contributed by atoms with van der Waals surface area (Å²) in [6, 6.07) is 5.55. The third kappa shape index (κ3) is 5.79. The van der Waals surface area contributed by atoms with Crippen LogP contribution in [0.4, 0.5) is 13.2 Å². The van der Waals surface area contributed by atoms with Crippen LogP contribution in [0.1, 0.15) is 12.5 Å². The van der Waals surface area contributed by atoms with Gasteiger partial charge in [0.15, 0.2) is 0 Å². The Bertz CT molecular complexity index is 373. The highest BCUT2D eigenvalue weighted by atomic mass is 19.4. The van der Waals surface area contributed by atoms with Gasteiger partial charge in [0.25, 0.3) is 0 Å². The number of carbonyl (C=O) groups is 1. The van der Waals surface area contributed by atoms with Crippen molar-refractivity contribution >= 4 is 5.91 Å². The zero-order valence-corrected chi connectivity index (χ0v) is 9.17. The van der Waals surface area contributed by atoms with Gasteiger partial charge in [-0.2, -0.15) is 0 Å². The van der Waals surface area contributed by atoms with E-state index in [1.165, 1.54) is 31.2 Å².